The molecule has 1 aliphatic rings. The van der Waals surface area contributed by atoms with Crippen LogP contribution >= 0.6 is 11.6 Å². The van der Waals surface area contributed by atoms with Crippen LogP contribution in [0.25, 0.3) is 0 Å². The Balaban J connectivity index is 2.22. The van der Waals surface area contributed by atoms with Gasteiger partial charge in [-0.15, -0.1) is 0 Å². The maximum absolute atomic E-state index is 13.6. The number of ketones is 1. The van der Waals surface area contributed by atoms with Gasteiger partial charge in [-0.25, -0.2) is 12.8 Å². The summed E-state index contributed by atoms with van der Waals surface area (Å²) in [5.74, 6) is -1.00. The van der Waals surface area contributed by atoms with Crippen molar-refractivity contribution >= 4 is 27.2 Å². The first-order valence-electron chi connectivity index (χ1n) is 6.09. The van der Waals surface area contributed by atoms with Crippen LogP contribution in [0.15, 0.2) is 18.2 Å². The van der Waals surface area contributed by atoms with Crippen LogP contribution in [0.4, 0.5) is 4.39 Å². The summed E-state index contributed by atoms with van der Waals surface area (Å²) in [6, 6.07) is 4.15. The molecule has 3 nitrogen and oxygen atoms in total. The predicted octanol–water partition coefficient (Wildman–Crippen LogP) is 2.56. The zero-order chi connectivity index (χ0) is 14.0. The molecule has 0 saturated carbocycles. The largest absolute Gasteiger partial charge is 0.298 e. The van der Waals surface area contributed by atoms with Crippen molar-refractivity contribution in [2.24, 2.45) is 0 Å². The second kappa shape index (κ2) is 5.59. The molecule has 19 heavy (non-hydrogen) atoms. The fraction of sp³-hybridized carbons (Fsp3) is 0.462. The topological polar surface area (TPSA) is 51.2 Å². The van der Waals surface area contributed by atoms with Crippen molar-refractivity contribution in [3.8, 4) is 0 Å². The zero-order valence-corrected chi connectivity index (χ0v) is 11.8. The molecule has 0 aliphatic carbocycles. The van der Waals surface area contributed by atoms with Gasteiger partial charge < -0.3 is 0 Å². The van der Waals surface area contributed by atoms with E-state index < -0.39 is 26.7 Å². The fourth-order valence-electron chi connectivity index (χ4n) is 2.31. The van der Waals surface area contributed by atoms with Crippen molar-refractivity contribution in [2.45, 2.75) is 30.9 Å². The Morgan fingerprint density at radius 3 is 2.74 bits per heavy atom. The Labute approximate surface area is 116 Å². The number of carbonyl (C=O) groups excluding carboxylic acids is 1. The van der Waals surface area contributed by atoms with Crippen molar-refractivity contribution in [3.63, 3.8) is 0 Å². The van der Waals surface area contributed by atoms with Crippen molar-refractivity contribution < 1.29 is 17.6 Å². The molecule has 1 atom stereocenters. The van der Waals surface area contributed by atoms with Gasteiger partial charge in [0, 0.05) is 17.0 Å². The Bertz CT molecular complexity index is 578. The summed E-state index contributed by atoms with van der Waals surface area (Å²) in [5, 5.41) is -0.849. The van der Waals surface area contributed by atoms with Gasteiger partial charge in [0.05, 0.1) is 5.75 Å². The summed E-state index contributed by atoms with van der Waals surface area (Å²) in [6.45, 7) is 0. The third-order valence-electron chi connectivity index (χ3n) is 3.35. The van der Waals surface area contributed by atoms with Crippen LogP contribution in [0.5, 0.6) is 0 Å². The second-order valence-electron chi connectivity index (χ2n) is 4.69. The molecule has 2 rings (SSSR count). The Hall–Kier alpha value is -0.940. The molecule has 1 aromatic carbocycles. The molecule has 1 unspecified atom stereocenters. The molecule has 1 saturated heterocycles. The lowest BCUT2D eigenvalue weighted by molar-refractivity contribution is -0.118. The number of Topliss-reactive ketones (excluding diaryl/α,β-unsaturated/α-hetero) is 1. The molecule has 1 aliphatic heterocycles. The molecular weight excluding hydrogens is 291 g/mol. The third kappa shape index (κ3) is 3.15. The van der Waals surface area contributed by atoms with Crippen LogP contribution in [-0.4, -0.2) is 25.2 Å². The van der Waals surface area contributed by atoms with E-state index in [9.17, 15) is 17.6 Å². The lowest BCUT2D eigenvalue weighted by Crippen LogP contribution is -2.36. The normalized spacial score (nSPS) is 22.1. The maximum atomic E-state index is 13.6. The number of sulfone groups is 1. The van der Waals surface area contributed by atoms with Crippen LogP contribution in [0.1, 0.15) is 24.8 Å². The van der Waals surface area contributed by atoms with E-state index in [4.69, 9.17) is 11.6 Å². The minimum absolute atomic E-state index is 0.0361. The van der Waals surface area contributed by atoms with Crippen molar-refractivity contribution in [1.82, 2.24) is 0 Å². The van der Waals surface area contributed by atoms with E-state index >= 15 is 0 Å². The predicted molar refractivity (Wildman–Crippen MR) is 71.5 cm³/mol. The van der Waals surface area contributed by atoms with Gasteiger partial charge in [0.15, 0.2) is 15.6 Å². The van der Waals surface area contributed by atoms with Crippen LogP contribution < -0.4 is 0 Å². The Morgan fingerprint density at radius 2 is 2.11 bits per heavy atom. The van der Waals surface area contributed by atoms with E-state index in [2.05, 4.69) is 0 Å². The molecule has 0 radical (unpaired) electrons. The van der Waals surface area contributed by atoms with Crippen LogP contribution in [0.3, 0.4) is 0 Å². The highest BCUT2D eigenvalue weighted by atomic mass is 35.5. The van der Waals surface area contributed by atoms with Crippen LogP contribution in [0.2, 0.25) is 5.02 Å². The molecule has 0 aromatic heterocycles. The highest BCUT2D eigenvalue weighted by Gasteiger charge is 2.34. The first kappa shape index (κ1) is 14.5. The summed E-state index contributed by atoms with van der Waals surface area (Å²) in [6.07, 6.45) is 1.36. The van der Waals surface area contributed by atoms with Crippen molar-refractivity contribution in [3.05, 3.63) is 34.6 Å². The van der Waals surface area contributed by atoms with Crippen LogP contribution in [0, 0.1) is 5.82 Å². The molecule has 0 N–H and O–H groups in total. The molecule has 1 heterocycles. The molecule has 0 amide bonds. The first-order chi connectivity index (χ1) is 8.92. The average molecular weight is 305 g/mol. The highest BCUT2D eigenvalue weighted by Crippen LogP contribution is 2.25. The number of halogens is 2. The zero-order valence-electron chi connectivity index (χ0n) is 10.2. The van der Waals surface area contributed by atoms with Gasteiger partial charge >= 0.3 is 0 Å². The van der Waals surface area contributed by atoms with Gasteiger partial charge in [0.1, 0.15) is 11.1 Å². The summed E-state index contributed by atoms with van der Waals surface area (Å²) < 4.78 is 37.3. The fourth-order valence-corrected chi connectivity index (χ4v) is 4.44. The highest BCUT2D eigenvalue weighted by molar-refractivity contribution is 7.92. The number of rotatable bonds is 3. The summed E-state index contributed by atoms with van der Waals surface area (Å²) in [7, 11) is -3.38. The summed E-state index contributed by atoms with van der Waals surface area (Å²) >= 11 is 5.84. The van der Waals surface area contributed by atoms with Crippen LogP contribution in [-0.2, 0) is 21.1 Å². The van der Waals surface area contributed by atoms with Crippen molar-refractivity contribution in [2.75, 3.05) is 5.75 Å². The molecule has 104 valence electrons. The monoisotopic (exact) mass is 304 g/mol. The summed E-state index contributed by atoms with van der Waals surface area (Å²) in [5.41, 5.74) is 0.0786. The maximum Gasteiger partial charge on any atom is 0.160 e. The lowest BCUT2D eigenvalue weighted by Gasteiger charge is -2.21. The third-order valence-corrected chi connectivity index (χ3v) is 5.93. The molecular formula is C13H14ClFO3S. The standard InChI is InChI=1S/C13H14ClFO3S/c14-10-4-3-5-11(15)9(10)8-12(16)13-6-1-2-7-19(13,17)18/h3-5,13H,1-2,6-8H2. The van der Waals surface area contributed by atoms with E-state index in [1.54, 1.807) is 0 Å². The molecule has 0 spiro atoms. The minimum Gasteiger partial charge on any atom is -0.298 e. The van der Waals surface area contributed by atoms with Gasteiger partial charge in [0.2, 0.25) is 0 Å². The van der Waals surface area contributed by atoms with Gasteiger partial charge in [-0.2, -0.15) is 0 Å². The smallest absolute Gasteiger partial charge is 0.160 e. The van der Waals surface area contributed by atoms with Gasteiger partial charge in [-0.1, -0.05) is 24.1 Å². The van der Waals surface area contributed by atoms with E-state index in [0.717, 1.165) is 0 Å². The lowest BCUT2D eigenvalue weighted by atomic mass is 10.0. The van der Waals surface area contributed by atoms with E-state index in [-0.39, 0.29) is 22.8 Å². The number of benzene rings is 1. The van der Waals surface area contributed by atoms with Gasteiger partial charge in [0.25, 0.3) is 0 Å². The number of hydrogen-bond acceptors (Lipinski definition) is 3. The average Bonchev–Trinajstić information content (AvgIpc) is 2.33. The van der Waals surface area contributed by atoms with Crippen molar-refractivity contribution in [1.29, 1.82) is 0 Å². The van der Waals surface area contributed by atoms with E-state index in [1.165, 1.54) is 18.2 Å². The number of carbonyl (C=O) groups is 1. The molecule has 1 fully saturated rings. The molecule has 6 heteroatoms. The van der Waals surface area contributed by atoms with Gasteiger partial charge in [-0.05, 0) is 25.0 Å². The minimum atomic E-state index is -3.38. The SMILES string of the molecule is O=C(Cc1c(F)cccc1Cl)C1CCCCS1(=O)=O. The number of hydrogen-bond donors (Lipinski definition) is 0. The molecule has 0 bridgehead atoms. The quantitative estimate of drug-likeness (QED) is 0.862. The first-order valence-corrected chi connectivity index (χ1v) is 8.18. The van der Waals surface area contributed by atoms with E-state index in [1.807, 2.05) is 0 Å². The molecule has 1 aromatic rings. The van der Waals surface area contributed by atoms with E-state index in [0.29, 0.717) is 19.3 Å². The van der Waals surface area contributed by atoms with Gasteiger partial charge in [-0.3, -0.25) is 4.79 Å². The summed E-state index contributed by atoms with van der Waals surface area (Å²) in [4.78, 5) is 12.1. The Kier molecular flexibility index (Phi) is 4.26. The second-order valence-corrected chi connectivity index (χ2v) is 7.40. The Morgan fingerprint density at radius 1 is 1.37 bits per heavy atom.